The van der Waals surface area contributed by atoms with Gasteiger partial charge in [0.25, 0.3) is 5.91 Å². The summed E-state index contributed by atoms with van der Waals surface area (Å²) in [4.78, 5) is 22.3. The summed E-state index contributed by atoms with van der Waals surface area (Å²) >= 11 is 0. The van der Waals surface area contributed by atoms with Gasteiger partial charge in [-0.1, -0.05) is 12.1 Å². The van der Waals surface area contributed by atoms with Crippen LogP contribution in [0.5, 0.6) is 0 Å². The number of rotatable bonds is 5. The first kappa shape index (κ1) is 21.0. The largest absolute Gasteiger partial charge is 0.381 e. The zero-order chi connectivity index (χ0) is 22.4. The Morgan fingerprint density at radius 1 is 1.06 bits per heavy atom. The average Bonchev–Trinajstić information content (AvgIpc) is 3.50. The van der Waals surface area contributed by atoms with Crippen LogP contribution in [0.4, 0.5) is 5.69 Å². The lowest BCUT2D eigenvalue weighted by molar-refractivity contribution is 0.0666. The van der Waals surface area contributed by atoms with Crippen molar-refractivity contribution < 1.29 is 9.53 Å². The van der Waals surface area contributed by atoms with Crippen molar-refractivity contribution >= 4 is 11.6 Å². The summed E-state index contributed by atoms with van der Waals surface area (Å²) < 4.78 is 7.44. The maximum atomic E-state index is 12.8. The van der Waals surface area contributed by atoms with Gasteiger partial charge in [0, 0.05) is 63.0 Å². The Morgan fingerprint density at radius 2 is 1.79 bits per heavy atom. The summed E-state index contributed by atoms with van der Waals surface area (Å²) in [6.07, 6.45) is 6.06. The van der Waals surface area contributed by atoms with E-state index in [1.807, 2.05) is 4.68 Å². The Kier molecular flexibility index (Phi) is 5.50. The van der Waals surface area contributed by atoms with Gasteiger partial charge < -0.3 is 20.4 Å². The highest BCUT2D eigenvalue weighted by atomic mass is 16.5. The van der Waals surface area contributed by atoms with Crippen molar-refractivity contribution in [3.63, 3.8) is 0 Å². The van der Waals surface area contributed by atoms with Gasteiger partial charge in [-0.3, -0.25) is 9.69 Å². The van der Waals surface area contributed by atoms with Crippen molar-refractivity contribution in [1.29, 1.82) is 0 Å². The topological polar surface area (TPSA) is 74.7 Å². The molecule has 176 valence electrons. The fourth-order valence-electron chi connectivity index (χ4n) is 5.72. The number of nitrogens with zero attached hydrogens (tertiary/aromatic N) is 4. The number of likely N-dealkylation sites (tertiary alicyclic amines) is 1. The second-order valence-corrected chi connectivity index (χ2v) is 9.98. The molecule has 4 aliphatic heterocycles. The van der Waals surface area contributed by atoms with Gasteiger partial charge in [0.15, 0.2) is 0 Å². The molecule has 0 spiro atoms. The summed E-state index contributed by atoms with van der Waals surface area (Å²) in [5, 5.41) is 3.15. The van der Waals surface area contributed by atoms with Crippen molar-refractivity contribution in [2.75, 3.05) is 49.7 Å². The highest BCUT2D eigenvalue weighted by molar-refractivity contribution is 5.93. The fourth-order valence-corrected chi connectivity index (χ4v) is 5.72. The molecule has 4 aliphatic rings. The number of carbonyl (C=O) groups is 1. The first-order chi connectivity index (χ1) is 16.2. The molecule has 5 heterocycles. The molecule has 2 N–H and O–H groups in total. The monoisotopic (exact) mass is 450 g/mol. The van der Waals surface area contributed by atoms with Gasteiger partial charge >= 0.3 is 0 Å². The molecular weight excluding hydrogens is 416 g/mol. The van der Waals surface area contributed by atoms with E-state index in [-0.39, 0.29) is 18.1 Å². The van der Waals surface area contributed by atoms with E-state index in [9.17, 15) is 4.79 Å². The van der Waals surface area contributed by atoms with E-state index in [2.05, 4.69) is 56.7 Å². The highest BCUT2D eigenvalue weighted by Crippen LogP contribution is 2.32. The van der Waals surface area contributed by atoms with E-state index in [0.29, 0.717) is 17.5 Å². The van der Waals surface area contributed by atoms with Crippen LogP contribution >= 0.6 is 0 Å². The van der Waals surface area contributed by atoms with Crippen molar-refractivity contribution in [2.45, 2.75) is 56.7 Å². The van der Waals surface area contributed by atoms with Crippen molar-refractivity contribution in [3.05, 3.63) is 47.5 Å². The Hall–Kier alpha value is -2.58. The molecule has 1 aromatic carbocycles. The van der Waals surface area contributed by atoms with Crippen molar-refractivity contribution in [2.24, 2.45) is 0 Å². The van der Waals surface area contributed by atoms with Gasteiger partial charge in [-0.15, -0.1) is 0 Å². The molecule has 33 heavy (non-hydrogen) atoms. The number of aromatic nitrogens is 2. The lowest BCUT2D eigenvalue weighted by Gasteiger charge is -2.47. The van der Waals surface area contributed by atoms with Crippen LogP contribution in [0.1, 0.15) is 66.3 Å². The number of nitrogens with one attached hydrogen (secondary N) is 2. The lowest BCUT2D eigenvalue weighted by atomic mass is 9.89. The Morgan fingerprint density at radius 3 is 2.52 bits per heavy atom. The Bertz CT molecular complexity index is 987. The number of ether oxygens (including phenoxy) is 1. The minimum atomic E-state index is -0.142. The fraction of sp³-hybridized carbons (Fsp3) is 0.600. The number of benzene rings is 1. The molecule has 2 aromatic rings. The van der Waals surface area contributed by atoms with Crippen LogP contribution in [0.3, 0.4) is 0 Å². The molecule has 0 radical (unpaired) electrons. The maximum Gasteiger partial charge on any atom is 0.273 e. The zero-order valence-electron chi connectivity index (χ0n) is 19.4. The number of amides is 1. The standard InChI is InChI=1S/C25H34N6O2/c1-17(30-15-20(16-30)18-4-6-21(7-5-18)29-10-2-3-11-29)23-27-25(32)22-14-26-24(31(22)28-23)19-8-12-33-13-9-19/h4-7,14,17,19-20,23,28H,2-3,8-13,15-16H2,1H3,(H,27,32). The average molecular weight is 451 g/mol. The third-order valence-corrected chi connectivity index (χ3v) is 7.97. The van der Waals surface area contributed by atoms with E-state index < -0.39 is 0 Å². The molecule has 6 rings (SSSR count). The van der Waals surface area contributed by atoms with E-state index in [1.54, 1.807) is 6.20 Å². The molecule has 2 unspecified atom stereocenters. The Labute approximate surface area is 195 Å². The molecule has 3 saturated heterocycles. The summed E-state index contributed by atoms with van der Waals surface area (Å²) in [7, 11) is 0. The van der Waals surface area contributed by atoms with Gasteiger partial charge in [0.2, 0.25) is 0 Å². The summed E-state index contributed by atoms with van der Waals surface area (Å²) in [5.41, 5.74) is 6.92. The van der Waals surface area contributed by atoms with Crippen LogP contribution in [0, 0.1) is 0 Å². The molecule has 2 atom stereocenters. The van der Waals surface area contributed by atoms with Gasteiger partial charge in [0.1, 0.15) is 17.7 Å². The lowest BCUT2D eigenvalue weighted by Crippen LogP contribution is -2.63. The van der Waals surface area contributed by atoms with Gasteiger partial charge in [-0.05, 0) is 50.3 Å². The van der Waals surface area contributed by atoms with Crippen LogP contribution < -0.4 is 15.6 Å². The first-order valence-corrected chi connectivity index (χ1v) is 12.5. The van der Waals surface area contributed by atoms with E-state index >= 15 is 0 Å². The molecule has 1 amide bonds. The number of hydrogen-bond acceptors (Lipinski definition) is 6. The van der Waals surface area contributed by atoms with Crippen molar-refractivity contribution in [3.8, 4) is 0 Å². The van der Waals surface area contributed by atoms with Gasteiger partial charge in [-0.2, -0.15) is 0 Å². The molecule has 3 fully saturated rings. The number of carbonyl (C=O) groups excluding carboxylic acids is 1. The van der Waals surface area contributed by atoms with Crippen molar-refractivity contribution in [1.82, 2.24) is 19.9 Å². The van der Waals surface area contributed by atoms with E-state index in [4.69, 9.17) is 4.74 Å². The minimum Gasteiger partial charge on any atom is -0.381 e. The molecule has 8 heteroatoms. The molecule has 1 aromatic heterocycles. The number of imidazole rings is 1. The van der Waals surface area contributed by atoms with E-state index in [1.165, 1.54) is 37.2 Å². The van der Waals surface area contributed by atoms with E-state index in [0.717, 1.165) is 45.0 Å². The number of anilines is 1. The molecule has 0 saturated carbocycles. The summed E-state index contributed by atoms with van der Waals surface area (Å²) in [5.74, 6) is 1.80. The van der Waals surface area contributed by atoms with Gasteiger partial charge in [0.05, 0.1) is 6.20 Å². The quantitative estimate of drug-likeness (QED) is 0.729. The number of fused-ring (bicyclic) bond motifs is 1. The SMILES string of the molecule is CC(C1NC(=O)c2cnc(C3CCOCC3)n2N1)N1CC(c2ccc(N3CCCC3)cc2)C1. The normalized spacial score (nSPS) is 25.3. The third kappa shape index (κ3) is 3.89. The second-order valence-electron chi connectivity index (χ2n) is 9.98. The Balaban J connectivity index is 1.09. The third-order valence-electron chi connectivity index (χ3n) is 7.97. The molecule has 8 nitrogen and oxygen atoms in total. The molecule has 0 aliphatic carbocycles. The predicted molar refractivity (Wildman–Crippen MR) is 127 cm³/mol. The molecular formula is C25H34N6O2. The first-order valence-electron chi connectivity index (χ1n) is 12.5. The van der Waals surface area contributed by atoms with Crippen LogP contribution in [0.2, 0.25) is 0 Å². The maximum absolute atomic E-state index is 12.8. The summed E-state index contributed by atoms with van der Waals surface area (Å²) in [6, 6.07) is 9.37. The van der Waals surface area contributed by atoms with Crippen LogP contribution in [-0.2, 0) is 4.74 Å². The second kappa shape index (κ2) is 8.65. The smallest absolute Gasteiger partial charge is 0.273 e. The number of hydrogen-bond donors (Lipinski definition) is 2. The van der Waals surface area contributed by atoms with Crippen LogP contribution in [-0.4, -0.2) is 72.1 Å². The minimum absolute atomic E-state index is 0.0500. The zero-order valence-corrected chi connectivity index (χ0v) is 19.4. The van der Waals surface area contributed by atoms with Crippen LogP contribution in [0.15, 0.2) is 30.5 Å². The molecule has 0 bridgehead atoms. The van der Waals surface area contributed by atoms with Gasteiger partial charge in [-0.25, -0.2) is 9.66 Å². The highest BCUT2D eigenvalue weighted by Gasteiger charge is 2.38. The summed E-state index contributed by atoms with van der Waals surface area (Å²) in [6.45, 7) is 8.11. The van der Waals surface area contributed by atoms with Crippen LogP contribution in [0.25, 0.3) is 0 Å². The predicted octanol–water partition coefficient (Wildman–Crippen LogP) is 2.48.